The molecule has 3 aliphatic heterocycles. The molecular formula is C26H30ClN2O2-. The summed E-state index contributed by atoms with van der Waals surface area (Å²) in [6.45, 7) is 9.41. The predicted molar refractivity (Wildman–Crippen MR) is 122 cm³/mol. The molecule has 0 aromatic heterocycles. The average molecular weight is 438 g/mol. The van der Waals surface area contributed by atoms with Crippen LogP contribution >= 0.6 is 11.6 Å². The molecule has 6 rings (SSSR count). The van der Waals surface area contributed by atoms with Gasteiger partial charge in [0.25, 0.3) is 0 Å². The molecule has 4 aliphatic rings. The normalized spacial score (nSPS) is 28.4. The van der Waals surface area contributed by atoms with Gasteiger partial charge in [-0.05, 0) is 84.5 Å². The average Bonchev–Trinajstić information content (AvgIpc) is 3.00. The summed E-state index contributed by atoms with van der Waals surface area (Å²) >= 11 is 6.36. The van der Waals surface area contributed by atoms with E-state index in [0.717, 1.165) is 66.2 Å². The fourth-order valence-electron chi connectivity index (χ4n) is 6.19. The molecule has 0 N–H and O–H groups in total. The molecule has 3 fully saturated rings. The van der Waals surface area contributed by atoms with Crippen LogP contribution in [0.3, 0.4) is 0 Å². The largest absolute Gasteiger partial charge is 0.530 e. The highest BCUT2D eigenvalue weighted by Crippen LogP contribution is 2.51. The molecule has 5 heteroatoms. The van der Waals surface area contributed by atoms with Gasteiger partial charge in [-0.1, -0.05) is 55.8 Å². The quantitative estimate of drug-likeness (QED) is 0.700. The van der Waals surface area contributed by atoms with E-state index in [1.165, 1.54) is 5.56 Å². The summed E-state index contributed by atoms with van der Waals surface area (Å²) in [6, 6.07) is 12.5. The molecule has 164 valence electrons. The number of aryl methyl sites for hydroxylation is 1. The fourth-order valence-corrected chi connectivity index (χ4v) is 6.37. The SMILES string of the molecule is Cc1ccc(-c2ccc3c(c2)CC(C)(C)[C@H]3N(C(=O)[O-])[C@@H]2CN3CCC2CC3)cc1Cl. The van der Waals surface area contributed by atoms with Crippen LogP contribution in [0, 0.1) is 18.3 Å². The van der Waals surface area contributed by atoms with Crippen LogP contribution in [0.4, 0.5) is 4.79 Å². The minimum absolute atomic E-state index is 0.0262. The lowest BCUT2D eigenvalue weighted by atomic mass is 9.79. The topological polar surface area (TPSA) is 46.6 Å². The van der Waals surface area contributed by atoms with Gasteiger partial charge in [0.1, 0.15) is 6.09 Å². The first-order valence-corrected chi connectivity index (χ1v) is 11.7. The molecule has 2 atom stereocenters. The van der Waals surface area contributed by atoms with Gasteiger partial charge in [0.05, 0.1) is 6.04 Å². The zero-order valence-corrected chi connectivity index (χ0v) is 19.3. The van der Waals surface area contributed by atoms with E-state index < -0.39 is 6.09 Å². The number of carboxylic acid groups (broad SMARTS) is 1. The van der Waals surface area contributed by atoms with Crippen molar-refractivity contribution in [2.24, 2.45) is 11.3 Å². The molecule has 4 nitrogen and oxygen atoms in total. The van der Waals surface area contributed by atoms with Crippen molar-refractivity contribution in [1.82, 2.24) is 9.80 Å². The second-order valence-corrected chi connectivity index (χ2v) is 10.7. The Labute approximate surface area is 189 Å². The van der Waals surface area contributed by atoms with E-state index in [1.807, 2.05) is 19.1 Å². The van der Waals surface area contributed by atoms with Gasteiger partial charge in [-0.2, -0.15) is 0 Å². The standard InChI is InChI=1S/C26H31ClN2O2/c1-16-4-5-19(13-22(16)27)18-6-7-21-20(12-18)14-26(2,3)24(21)29(25(30)31)23-15-28-10-8-17(23)9-11-28/h4-7,12-13,17,23-24H,8-11,14-15H2,1-3H3,(H,30,31)/p-1/t23-,24+/m1/s1. The third-order valence-electron chi connectivity index (χ3n) is 7.80. The Morgan fingerprint density at radius 2 is 1.81 bits per heavy atom. The zero-order valence-electron chi connectivity index (χ0n) is 18.5. The second-order valence-electron chi connectivity index (χ2n) is 10.3. The first-order valence-electron chi connectivity index (χ1n) is 11.4. The van der Waals surface area contributed by atoms with E-state index in [-0.39, 0.29) is 17.5 Å². The van der Waals surface area contributed by atoms with Crippen LogP contribution in [-0.4, -0.2) is 41.6 Å². The van der Waals surface area contributed by atoms with Gasteiger partial charge < -0.3 is 19.7 Å². The van der Waals surface area contributed by atoms with Crippen LogP contribution in [0.5, 0.6) is 0 Å². The van der Waals surface area contributed by atoms with Crippen LogP contribution in [-0.2, 0) is 6.42 Å². The summed E-state index contributed by atoms with van der Waals surface area (Å²) in [4.78, 5) is 16.6. The molecule has 0 saturated carbocycles. The first-order chi connectivity index (χ1) is 14.7. The summed E-state index contributed by atoms with van der Waals surface area (Å²) in [6.07, 6.45) is 1.99. The Bertz CT molecular complexity index is 1030. The third-order valence-corrected chi connectivity index (χ3v) is 8.20. The maximum atomic E-state index is 12.5. The summed E-state index contributed by atoms with van der Waals surface area (Å²) in [7, 11) is 0. The van der Waals surface area contributed by atoms with Crippen LogP contribution < -0.4 is 5.11 Å². The number of carbonyl (C=O) groups is 1. The zero-order chi connectivity index (χ0) is 21.9. The maximum Gasteiger partial charge on any atom is 0.137 e. The number of carbonyl (C=O) groups excluding carboxylic acids is 1. The fraction of sp³-hybridized carbons (Fsp3) is 0.500. The van der Waals surface area contributed by atoms with Crippen molar-refractivity contribution in [3.63, 3.8) is 0 Å². The van der Waals surface area contributed by atoms with Crippen molar-refractivity contribution in [1.29, 1.82) is 0 Å². The van der Waals surface area contributed by atoms with Crippen molar-refractivity contribution in [3.8, 4) is 11.1 Å². The predicted octanol–water partition coefficient (Wildman–Crippen LogP) is 4.68. The van der Waals surface area contributed by atoms with Crippen molar-refractivity contribution in [3.05, 3.63) is 58.1 Å². The van der Waals surface area contributed by atoms with Crippen molar-refractivity contribution < 1.29 is 9.90 Å². The Hall–Kier alpha value is -2.04. The summed E-state index contributed by atoms with van der Waals surface area (Å²) in [5.41, 5.74) is 5.46. The lowest BCUT2D eigenvalue weighted by Gasteiger charge is -2.53. The number of fused-ring (bicyclic) bond motifs is 4. The highest BCUT2D eigenvalue weighted by molar-refractivity contribution is 6.31. The summed E-state index contributed by atoms with van der Waals surface area (Å²) in [5, 5.41) is 13.3. The number of rotatable bonds is 3. The number of piperidine rings is 3. The van der Waals surface area contributed by atoms with E-state index in [0.29, 0.717) is 5.92 Å². The van der Waals surface area contributed by atoms with Gasteiger partial charge in [-0.15, -0.1) is 0 Å². The molecule has 31 heavy (non-hydrogen) atoms. The van der Waals surface area contributed by atoms with Crippen LogP contribution in [0.2, 0.25) is 5.02 Å². The minimum atomic E-state index is -1.03. The number of hydrogen-bond donors (Lipinski definition) is 0. The molecule has 0 spiro atoms. The van der Waals surface area contributed by atoms with Crippen LogP contribution in [0.25, 0.3) is 11.1 Å². The number of halogens is 1. The molecule has 3 saturated heterocycles. The maximum absolute atomic E-state index is 12.5. The van der Waals surface area contributed by atoms with E-state index in [2.05, 4.69) is 43.0 Å². The van der Waals surface area contributed by atoms with Crippen LogP contribution in [0.15, 0.2) is 36.4 Å². The summed E-state index contributed by atoms with van der Waals surface area (Å²) in [5.74, 6) is 0.441. The Kier molecular flexibility index (Phi) is 5.06. The van der Waals surface area contributed by atoms with Gasteiger partial charge >= 0.3 is 0 Å². The highest BCUT2D eigenvalue weighted by Gasteiger charge is 2.48. The minimum Gasteiger partial charge on any atom is -0.530 e. The molecule has 1 amide bonds. The van der Waals surface area contributed by atoms with Gasteiger partial charge in [0.2, 0.25) is 0 Å². The number of hydrogen-bond acceptors (Lipinski definition) is 3. The van der Waals surface area contributed by atoms with E-state index in [9.17, 15) is 9.90 Å². The molecule has 3 heterocycles. The molecule has 2 aromatic rings. The number of benzene rings is 2. The van der Waals surface area contributed by atoms with Gasteiger partial charge in [-0.25, -0.2) is 0 Å². The highest BCUT2D eigenvalue weighted by atomic mass is 35.5. The smallest absolute Gasteiger partial charge is 0.137 e. The molecule has 0 radical (unpaired) electrons. The van der Waals surface area contributed by atoms with Crippen molar-refractivity contribution >= 4 is 17.7 Å². The summed E-state index contributed by atoms with van der Waals surface area (Å²) < 4.78 is 0. The molecular weight excluding hydrogens is 408 g/mol. The second kappa shape index (κ2) is 7.53. The number of amides is 1. The Morgan fingerprint density at radius 3 is 2.42 bits per heavy atom. The monoisotopic (exact) mass is 437 g/mol. The molecule has 2 bridgehead atoms. The van der Waals surface area contributed by atoms with Crippen molar-refractivity contribution in [2.45, 2.75) is 52.1 Å². The third kappa shape index (κ3) is 3.54. The Balaban J connectivity index is 1.53. The molecule has 1 aliphatic carbocycles. The number of nitrogens with zero attached hydrogens (tertiary/aromatic N) is 2. The van der Waals surface area contributed by atoms with E-state index in [1.54, 1.807) is 4.90 Å². The lowest BCUT2D eigenvalue weighted by molar-refractivity contribution is -0.276. The van der Waals surface area contributed by atoms with Gasteiger partial charge in [0, 0.05) is 17.6 Å². The Morgan fingerprint density at radius 1 is 1.13 bits per heavy atom. The first kappa shape index (κ1) is 20.8. The van der Waals surface area contributed by atoms with Gasteiger partial charge in [0.15, 0.2) is 0 Å². The van der Waals surface area contributed by atoms with E-state index in [4.69, 9.17) is 11.6 Å². The van der Waals surface area contributed by atoms with Crippen LogP contribution in [0.1, 0.15) is 49.4 Å². The molecule has 0 unspecified atom stereocenters. The van der Waals surface area contributed by atoms with Gasteiger partial charge in [-0.3, -0.25) is 0 Å². The molecule has 2 aromatic carbocycles. The van der Waals surface area contributed by atoms with E-state index >= 15 is 0 Å². The van der Waals surface area contributed by atoms with Crippen molar-refractivity contribution in [2.75, 3.05) is 19.6 Å². The lowest BCUT2D eigenvalue weighted by Crippen LogP contribution is -2.62.